The first-order valence-corrected chi connectivity index (χ1v) is 9.37. The fourth-order valence-electron chi connectivity index (χ4n) is 3.95. The summed E-state index contributed by atoms with van der Waals surface area (Å²) in [5.74, 6) is -2.48. The highest BCUT2D eigenvalue weighted by Crippen LogP contribution is 2.56. The quantitative estimate of drug-likeness (QED) is 0.802. The van der Waals surface area contributed by atoms with E-state index in [9.17, 15) is 18.4 Å². The average molecular weight is 412 g/mol. The number of halogens is 2. The second-order valence-corrected chi connectivity index (χ2v) is 7.46. The molecule has 1 aliphatic carbocycles. The fourth-order valence-corrected chi connectivity index (χ4v) is 3.95. The van der Waals surface area contributed by atoms with Gasteiger partial charge in [-0.05, 0) is 38.8 Å². The molecule has 2 aliphatic rings. The third kappa shape index (κ3) is 3.12. The van der Waals surface area contributed by atoms with Crippen molar-refractivity contribution in [2.24, 2.45) is 0 Å². The van der Waals surface area contributed by atoms with Crippen LogP contribution in [-0.4, -0.2) is 33.4 Å². The van der Waals surface area contributed by atoms with Crippen LogP contribution in [0.1, 0.15) is 48.5 Å². The highest BCUT2D eigenvalue weighted by molar-refractivity contribution is 5.97. The van der Waals surface area contributed by atoms with E-state index in [1.165, 1.54) is 17.2 Å². The largest absolute Gasteiger partial charge is 0.346 e. The van der Waals surface area contributed by atoms with E-state index in [2.05, 4.69) is 20.6 Å². The van der Waals surface area contributed by atoms with Gasteiger partial charge in [0, 0.05) is 5.56 Å². The lowest BCUT2D eigenvalue weighted by atomic mass is 9.97. The van der Waals surface area contributed by atoms with Gasteiger partial charge in [0.05, 0.1) is 34.9 Å². The minimum Gasteiger partial charge on any atom is -0.346 e. The molecule has 2 heterocycles. The maximum atomic E-state index is 14.5. The van der Waals surface area contributed by atoms with E-state index >= 15 is 0 Å². The van der Waals surface area contributed by atoms with Gasteiger partial charge in [-0.2, -0.15) is 5.26 Å². The summed E-state index contributed by atoms with van der Waals surface area (Å²) in [7, 11) is 0. The van der Waals surface area contributed by atoms with Gasteiger partial charge in [0.1, 0.15) is 12.6 Å². The summed E-state index contributed by atoms with van der Waals surface area (Å²) in [6.07, 6.45) is 2.20. The molecule has 30 heavy (non-hydrogen) atoms. The number of rotatable bonds is 4. The molecule has 154 valence electrons. The number of nitrogens with zero attached hydrogens (tertiary/aromatic N) is 4. The smallest absolute Gasteiger partial charge is 0.323 e. The van der Waals surface area contributed by atoms with Gasteiger partial charge in [-0.1, -0.05) is 0 Å². The molecule has 1 fully saturated rings. The first-order valence-electron chi connectivity index (χ1n) is 9.37. The van der Waals surface area contributed by atoms with E-state index in [4.69, 9.17) is 5.26 Å². The van der Waals surface area contributed by atoms with Gasteiger partial charge in [-0.25, -0.2) is 18.6 Å². The molecule has 1 aromatic heterocycles. The number of fused-ring (bicyclic) bond motifs is 2. The predicted octanol–water partition coefficient (Wildman–Crippen LogP) is 2.65. The normalized spacial score (nSPS) is 17.0. The second-order valence-electron chi connectivity index (χ2n) is 7.46. The lowest BCUT2D eigenvalue weighted by molar-refractivity contribution is -0.123. The summed E-state index contributed by atoms with van der Waals surface area (Å²) in [4.78, 5) is 34.8. The monoisotopic (exact) mass is 412 g/mol. The molecule has 1 atom stereocenters. The average Bonchev–Trinajstić information content (AvgIpc) is 3.48. The maximum absolute atomic E-state index is 14.5. The third-order valence-corrected chi connectivity index (χ3v) is 5.48. The maximum Gasteiger partial charge on any atom is 0.323 e. The van der Waals surface area contributed by atoms with Crippen molar-refractivity contribution < 1.29 is 18.4 Å². The second kappa shape index (κ2) is 7.02. The van der Waals surface area contributed by atoms with Crippen LogP contribution in [0, 0.1) is 29.9 Å². The molecule has 1 spiro atoms. The van der Waals surface area contributed by atoms with Crippen molar-refractivity contribution in [1.82, 2.24) is 20.2 Å². The van der Waals surface area contributed by atoms with Crippen molar-refractivity contribution in [2.75, 3.05) is 11.9 Å². The number of carbonyl (C=O) groups excluding carboxylic acids is 2. The molecule has 0 saturated heterocycles. The molecule has 3 amide bonds. The Hall–Kier alpha value is -3.61. The van der Waals surface area contributed by atoms with Gasteiger partial charge in [-0.15, -0.1) is 0 Å². The standard InChI is InChI=1S/C20H18F2N6O2/c1-10-18(24-8-12(7-23)25-10)11(2)26-15(29)9-28-19(30)27-14-4-3-13(21)17(22)16(14)20(28)5-6-20/h3-4,8,11H,5-6,9H2,1-2H3,(H,26,29)(H,27,30)/t11-/m0/s1. The zero-order valence-electron chi connectivity index (χ0n) is 16.3. The minimum atomic E-state index is -1.02. The molecule has 0 unspecified atom stereocenters. The Bertz CT molecular complexity index is 1110. The first-order chi connectivity index (χ1) is 14.3. The number of aryl methyl sites for hydroxylation is 1. The van der Waals surface area contributed by atoms with Crippen LogP contribution in [0.15, 0.2) is 18.3 Å². The van der Waals surface area contributed by atoms with Crippen LogP contribution in [0.2, 0.25) is 0 Å². The van der Waals surface area contributed by atoms with Crippen LogP contribution < -0.4 is 10.6 Å². The minimum absolute atomic E-state index is 0.0803. The number of nitriles is 1. The lowest BCUT2D eigenvalue weighted by Gasteiger charge is -2.38. The van der Waals surface area contributed by atoms with Gasteiger partial charge in [0.25, 0.3) is 0 Å². The lowest BCUT2D eigenvalue weighted by Crippen LogP contribution is -2.52. The Labute approximate surface area is 170 Å². The number of carbonyl (C=O) groups is 2. The highest BCUT2D eigenvalue weighted by atomic mass is 19.2. The number of benzene rings is 1. The number of anilines is 1. The van der Waals surface area contributed by atoms with E-state index in [-0.39, 0.29) is 23.5 Å². The van der Waals surface area contributed by atoms with Crippen LogP contribution in [0.3, 0.4) is 0 Å². The molecule has 2 aromatic rings. The molecule has 0 bridgehead atoms. The van der Waals surface area contributed by atoms with Gasteiger partial charge in [-0.3, -0.25) is 9.78 Å². The summed E-state index contributed by atoms with van der Waals surface area (Å²) in [6, 6.07) is 3.13. The van der Waals surface area contributed by atoms with Crippen LogP contribution in [0.4, 0.5) is 19.3 Å². The Morgan fingerprint density at radius 2 is 2.17 bits per heavy atom. The van der Waals surface area contributed by atoms with Crippen molar-refractivity contribution in [3.05, 3.63) is 52.6 Å². The van der Waals surface area contributed by atoms with Crippen molar-refractivity contribution in [3.8, 4) is 6.07 Å². The molecule has 2 N–H and O–H groups in total. The molecule has 1 aliphatic heterocycles. The fraction of sp³-hybridized carbons (Fsp3) is 0.350. The Balaban J connectivity index is 1.53. The highest BCUT2D eigenvalue weighted by Gasteiger charge is 2.57. The number of nitrogens with one attached hydrogen (secondary N) is 2. The van der Waals surface area contributed by atoms with E-state index in [0.717, 1.165) is 6.07 Å². The van der Waals surface area contributed by atoms with Gasteiger partial charge >= 0.3 is 6.03 Å². The topological polar surface area (TPSA) is 111 Å². The van der Waals surface area contributed by atoms with Gasteiger partial charge < -0.3 is 15.5 Å². The summed E-state index contributed by atoms with van der Waals surface area (Å²) in [5, 5.41) is 14.2. The molecular weight excluding hydrogens is 394 g/mol. The summed E-state index contributed by atoms with van der Waals surface area (Å²) >= 11 is 0. The summed E-state index contributed by atoms with van der Waals surface area (Å²) in [5.41, 5.74) is 0.451. The number of aromatic nitrogens is 2. The number of hydrogen-bond donors (Lipinski definition) is 2. The number of urea groups is 1. The van der Waals surface area contributed by atoms with E-state index in [1.807, 2.05) is 6.07 Å². The SMILES string of the molecule is Cc1nc(C#N)cnc1[C@H](C)NC(=O)CN1C(=O)Nc2ccc(F)c(F)c2C12CC2. The van der Waals surface area contributed by atoms with Crippen molar-refractivity contribution in [2.45, 2.75) is 38.3 Å². The Morgan fingerprint density at radius 3 is 2.80 bits per heavy atom. The van der Waals surface area contributed by atoms with E-state index in [1.54, 1.807) is 13.8 Å². The Kier molecular flexibility index (Phi) is 4.61. The van der Waals surface area contributed by atoms with Gasteiger partial charge in [0.15, 0.2) is 17.3 Å². The molecule has 4 rings (SSSR count). The van der Waals surface area contributed by atoms with E-state index in [0.29, 0.717) is 24.2 Å². The van der Waals surface area contributed by atoms with Crippen LogP contribution in [-0.2, 0) is 10.3 Å². The number of amides is 3. The third-order valence-electron chi connectivity index (χ3n) is 5.48. The van der Waals surface area contributed by atoms with Crippen molar-refractivity contribution in [1.29, 1.82) is 5.26 Å². The molecule has 1 saturated carbocycles. The molecule has 1 aromatic carbocycles. The van der Waals surface area contributed by atoms with Crippen LogP contribution in [0.25, 0.3) is 0 Å². The van der Waals surface area contributed by atoms with Gasteiger partial charge in [0.2, 0.25) is 5.91 Å². The molecular formula is C20H18F2N6O2. The predicted molar refractivity (Wildman–Crippen MR) is 101 cm³/mol. The molecule has 10 heteroatoms. The van der Waals surface area contributed by atoms with E-state index < -0.39 is 35.2 Å². The number of hydrogen-bond acceptors (Lipinski definition) is 5. The first kappa shape index (κ1) is 19.7. The Morgan fingerprint density at radius 1 is 1.43 bits per heavy atom. The van der Waals surface area contributed by atoms with Crippen LogP contribution in [0.5, 0.6) is 0 Å². The molecule has 8 nitrogen and oxygen atoms in total. The molecule has 0 radical (unpaired) electrons. The van der Waals surface area contributed by atoms with Crippen molar-refractivity contribution >= 4 is 17.6 Å². The van der Waals surface area contributed by atoms with Crippen LogP contribution >= 0.6 is 0 Å². The summed E-state index contributed by atoms with van der Waals surface area (Å²) in [6.45, 7) is 3.06. The summed E-state index contributed by atoms with van der Waals surface area (Å²) < 4.78 is 28.3. The zero-order chi connectivity index (χ0) is 21.6. The van der Waals surface area contributed by atoms with Crippen molar-refractivity contribution in [3.63, 3.8) is 0 Å². The zero-order valence-corrected chi connectivity index (χ0v) is 16.3.